The van der Waals surface area contributed by atoms with Crippen LogP contribution in [-0.4, -0.2) is 55.7 Å². The lowest BCUT2D eigenvalue weighted by Crippen LogP contribution is -2.44. The van der Waals surface area contributed by atoms with Gasteiger partial charge in [0.25, 0.3) is 0 Å². The van der Waals surface area contributed by atoms with Crippen LogP contribution < -0.4 is 20.1 Å². The summed E-state index contributed by atoms with van der Waals surface area (Å²) in [5.74, 6) is 2.51. The van der Waals surface area contributed by atoms with Crippen molar-refractivity contribution in [1.82, 2.24) is 20.5 Å². The lowest BCUT2D eigenvalue weighted by atomic mass is 10.2. The number of methoxy groups -OCH3 is 2. The van der Waals surface area contributed by atoms with Crippen molar-refractivity contribution < 1.29 is 9.47 Å². The van der Waals surface area contributed by atoms with Crippen molar-refractivity contribution in [2.75, 3.05) is 33.9 Å². The van der Waals surface area contributed by atoms with Gasteiger partial charge in [-0.15, -0.1) is 11.3 Å². The SMILES string of the molecule is CCNC(=NCc1nc(C)c(C)s1)NC1CCN(Cc2cc(OC)cc(OC)c2)C1. The third-order valence-electron chi connectivity index (χ3n) is 5.22. The zero-order valence-corrected chi connectivity index (χ0v) is 19.4. The van der Waals surface area contributed by atoms with Gasteiger partial charge in [0.05, 0.1) is 26.5 Å². The van der Waals surface area contributed by atoms with Crippen LogP contribution in [0.5, 0.6) is 11.5 Å². The molecule has 1 atom stereocenters. The van der Waals surface area contributed by atoms with Crippen LogP contribution in [0.4, 0.5) is 0 Å². The molecule has 7 nitrogen and oxygen atoms in total. The van der Waals surface area contributed by atoms with E-state index in [0.717, 1.165) is 60.8 Å². The molecule has 1 fully saturated rings. The van der Waals surface area contributed by atoms with Crippen LogP contribution in [0.1, 0.15) is 34.5 Å². The second-order valence-corrected chi connectivity index (χ2v) is 8.82. The van der Waals surface area contributed by atoms with Gasteiger partial charge >= 0.3 is 0 Å². The van der Waals surface area contributed by atoms with Gasteiger partial charge < -0.3 is 20.1 Å². The fourth-order valence-corrected chi connectivity index (χ4v) is 4.44. The fraction of sp³-hybridized carbons (Fsp3) is 0.545. The predicted octanol–water partition coefficient (Wildman–Crippen LogP) is 3.11. The highest BCUT2D eigenvalue weighted by Gasteiger charge is 2.23. The number of thiazole rings is 1. The number of aliphatic imine (C=N–C) groups is 1. The Hall–Kier alpha value is -2.32. The molecule has 1 aliphatic heterocycles. The van der Waals surface area contributed by atoms with Crippen LogP contribution in [0.2, 0.25) is 0 Å². The molecule has 164 valence electrons. The Labute approximate surface area is 183 Å². The van der Waals surface area contributed by atoms with E-state index in [4.69, 9.17) is 14.5 Å². The molecule has 2 heterocycles. The fourth-order valence-electron chi connectivity index (χ4n) is 3.58. The van der Waals surface area contributed by atoms with Gasteiger partial charge in [-0.3, -0.25) is 4.90 Å². The molecule has 0 bridgehead atoms. The van der Waals surface area contributed by atoms with Gasteiger partial charge in [0.15, 0.2) is 5.96 Å². The first kappa shape index (κ1) is 22.4. The Balaban J connectivity index is 1.57. The zero-order chi connectivity index (χ0) is 21.5. The molecule has 1 aromatic carbocycles. The van der Waals surface area contributed by atoms with Crippen molar-refractivity contribution in [3.63, 3.8) is 0 Å². The highest BCUT2D eigenvalue weighted by Crippen LogP contribution is 2.24. The van der Waals surface area contributed by atoms with Crippen molar-refractivity contribution >= 4 is 17.3 Å². The molecule has 0 aliphatic carbocycles. The topological polar surface area (TPSA) is 71.0 Å². The number of likely N-dealkylation sites (tertiary alicyclic amines) is 1. The van der Waals surface area contributed by atoms with E-state index in [9.17, 15) is 0 Å². The minimum absolute atomic E-state index is 0.370. The first-order chi connectivity index (χ1) is 14.5. The third-order valence-corrected chi connectivity index (χ3v) is 6.28. The number of hydrogen-bond donors (Lipinski definition) is 2. The van der Waals surface area contributed by atoms with E-state index in [0.29, 0.717) is 12.6 Å². The Morgan fingerprint density at radius 2 is 1.97 bits per heavy atom. The predicted molar refractivity (Wildman–Crippen MR) is 123 cm³/mol. The van der Waals surface area contributed by atoms with E-state index >= 15 is 0 Å². The van der Waals surface area contributed by atoms with Gasteiger partial charge in [0.1, 0.15) is 16.5 Å². The Bertz CT molecular complexity index is 825. The molecule has 2 aromatic rings. The van der Waals surface area contributed by atoms with E-state index in [-0.39, 0.29) is 0 Å². The van der Waals surface area contributed by atoms with Crippen LogP contribution >= 0.6 is 11.3 Å². The molecule has 8 heteroatoms. The number of hydrogen-bond acceptors (Lipinski definition) is 6. The molecule has 1 aromatic heterocycles. The Morgan fingerprint density at radius 1 is 1.23 bits per heavy atom. The molecule has 1 aliphatic rings. The molecule has 3 rings (SSSR count). The van der Waals surface area contributed by atoms with E-state index in [2.05, 4.69) is 46.5 Å². The number of guanidine groups is 1. The molecule has 0 amide bonds. The standard InChI is InChI=1S/C22H33N5O2S/c1-6-23-22(24-12-21-25-15(2)16(3)30-21)26-18-7-8-27(14-18)13-17-9-19(28-4)11-20(10-17)29-5/h9-11,18H,6-8,12-14H2,1-5H3,(H2,23,24,26). The maximum atomic E-state index is 5.40. The van der Waals surface area contributed by atoms with Crippen molar-refractivity contribution in [2.45, 2.75) is 46.3 Å². The van der Waals surface area contributed by atoms with Gasteiger partial charge in [0, 0.05) is 43.2 Å². The summed E-state index contributed by atoms with van der Waals surface area (Å²) in [6, 6.07) is 6.43. The highest BCUT2D eigenvalue weighted by atomic mass is 32.1. The summed E-state index contributed by atoms with van der Waals surface area (Å²) in [7, 11) is 3.37. The minimum Gasteiger partial charge on any atom is -0.497 e. The number of nitrogens with zero attached hydrogens (tertiary/aromatic N) is 3. The van der Waals surface area contributed by atoms with Crippen molar-refractivity contribution in [1.29, 1.82) is 0 Å². The average Bonchev–Trinajstić information content (AvgIpc) is 3.31. The Kier molecular flexibility index (Phi) is 7.93. The van der Waals surface area contributed by atoms with Crippen molar-refractivity contribution in [3.8, 4) is 11.5 Å². The first-order valence-corrected chi connectivity index (χ1v) is 11.2. The third kappa shape index (κ3) is 6.09. The number of ether oxygens (including phenoxy) is 2. The van der Waals surface area contributed by atoms with Crippen LogP contribution in [0.15, 0.2) is 23.2 Å². The second-order valence-electron chi connectivity index (χ2n) is 7.53. The van der Waals surface area contributed by atoms with Crippen LogP contribution in [0.3, 0.4) is 0 Å². The van der Waals surface area contributed by atoms with Crippen LogP contribution in [0.25, 0.3) is 0 Å². The summed E-state index contributed by atoms with van der Waals surface area (Å²) in [5.41, 5.74) is 2.30. The van der Waals surface area contributed by atoms with Crippen LogP contribution in [-0.2, 0) is 13.1 Å². The van der Waals surface area contributed by atoms with Gasteiger partial charge in [0.2, 0.25) is 0 Å². The highest BCUT2D eigenvalue weighted by molar-refractivity contribution is 7.11. The maximum Gasteiger partial charge on any atom is 0.191 e. The van der Waals surface area contributed by atoms with Gasteiger partial charge in [-0.25, -0.2) is 9.98 Å². The second kappa shape index (κ2) is 10.6. The monoisotopic (exact) mass is 431 g/mol. The average molecular weight is 432 g/mol. The molecule has 1 saturated heterocycles. The summed E-state index contributed by atoms with van der Waals surface area (Å²) in [6.45, 7) is 10.6. The molecule has 0 spiro atoms. The van der Waals surface area contributed by atoms with E-state index < -0.39 is 0 Å². The summed E-state index contributed by atoms with van der Waals surface area (Å²) >= 11 is 1.72. The molecule has 30 heavy (non-hydrogen) atoms. The molecular weight excluding hydrogens is 398 g/mol. The number of aryl methyl sites for hydroxylation is 2. The molecule has 2 N–H and O–H groups in total. The molecule has 0 saturated carbocycles. The molecule has 1 unspecified atom stereocenters. The molecular formula is C22H33N5O2S. The summed E-state index contributed by atoms with van der Waals surface area (Å²) < 4.78 is 10.8. The molecule has 0 radical (unpaired) electrons. The van der Waals surface area contributed by atoms with E-state index in [1.807, 2.05) is 13.0 Å². The van der Waals surface area contributed by atoms with E-state index in [1.54, 1.807) is 25.6 Å². The quantitative estimate of drug-likeness (QED) is 0.494. The lowest BCUT2D eigenvalue weighted by Gasteiger charge is -2.19. The van der Waals surface area contributed by atoms with Gasteiger partial charge in [-0.2, -0.15) is 0 Å². The Morgan fingerprint density at radius 3 is 2.57 bits per heavy atom. The number of nitrogens with one attached hydrogen (secondary N) is 2. The lowest BCUT2D eigenvalue weighted by molar-refractivity contribution is 0.321. The van der Waals surface area contributed by atoms with Gasteiger partial charge in [-0.05, 0) is 44.9 Å². The smallest absolute Gasteiger partial charge is 0.191 e. The van der Waals surface area contributed by atoms with E-state index in [1.165, 1.54) is 10.4 Å². The number of aromatic nitrogens is 1. The maximum absolute atomic E-state index is 5.40. The van der Waals surface area contributed by atoms with Crippen molar-refractivity contribution in [2.24, 2.45) is 4.99 Å². The first-order valence-electron chi connectivity index (χ1n) is 10.4. The van der Waals surface area contributed by atoms with Crippen LogP contribution in [0, 0.1) is 13.8 Å². The zero-order valence-electron chi connectivity index (χ0n) is 18.6. The van der Waals surface area contributed by atoms with Gasteiger partial charge in [-0.1, -0.05) is 0 Å². The summed E-state index contributed by atoms with van der Waals surface area (Å²) in [6.07, 6.45) is 1.08. The van der Waals surface area contributed by atoms with Crippen molar-refractivity contribution in [3.05, 3.63) is 39.3 Å². The number of rotatable bonds is 8. The number of benzene rings is 1. The minimum atomic E-state index is 0.370. The largest absolute Gasteiger partial charge is 0.497 e. The summed E-state index contributed by atoms with van der Waals surface area (Å²) in [4.78, 5) is 13.0. The normalized spacial score (nSPS) is 17.2. The summed E-state index contributed by atoms with van der Waals surface area (Å²) in [5, 5.41) is 8.01.